The summed E-state index contributed by atoms with van der Waals surface area (Å²) in [5.74, 6) is 0.194. The Morgan fingerprint density at radius 3 is 2.64 bits per heavy atom. The van der Waals surface area contributed by atoms with Crippen LogP contribution >= 0.6 is 10.7 Å². The summed E-state index contributed by atoms with van der Waals surface area (Å²) >= 11 is 0. The van der Waals surface area contributed by atoms with Crippen LogP contribution in [0.2, 0.25) is 0 Å². The summed E-state index contributed by atoms with van der Waals surface area (Å²) in [6.45, 7) is 0. The van der Waals surface area contributed by atoms with E-state index < -0.39 is 9.24 Å². The van der Waals surface area contributed by atoms with Crippen molar-refractivity contribution in [1.82, 2.24) is 0 Å². The van der Waals surface area contributed by atoms with Gasteiger partial charge in [0.15, 0.2) is 0 Å². The van der Waals surface area contributed by atoms with Crippen molar-refractivity contribution in [2.75, 3.05) is 11.4 Å². The minimum Gasteiger partial charge on any atom is -0.448 e. The molecule has 11 heavy (non-hydrogen) atoms. The molecule has 0 unspecified atom stereocenters. The van der Waals surface area contributed by atoms with Gasteiger partial charge in [-0.15, -0.1) is 0 Å². The highest BCUT2D eigenvalue weighted by Gasteiger charge is 2.15. The molecule has 0 aliphatic rings. The number of nitrogens with zero attached hydrogens (tertiary/aromatic N) is 1. The van der Waals surface area contributed by atoms with Crippen LogP contribution in [0.1, 0.15) is 0 Å². The summed E-state index contributed by atoms with van der Waals surface area (Å²) < 4.78 is 26.9. The van der Waals surface area contributed by atoms with Gasteiger partial charge in [0.1, 0.15) is 0 Å². The summed E-state index contributed by atoms with van der Waals surface area (Å²) in [5.41, 5.74) is 0. The predicted octanol–water partition coefficient (Wildman–Crippen LogP) is 1.20. The minimum absolute atomic E-state index is 0.194. The molecule has 0 aliphatic heterocycles. The molecule has 1 aromatic heterocycles. The number of furan rings is 1. The molecule has 0 saturated carbocycles. The maximum absolute atomic E-state index is 10.7. The Bertz CT molecular complexity index is 318. The van der Waals surface area contributed by atoms with Gasteiger partial charge in [-0.25, -0.2) is 4.31 Å². The van der Waals surface area contributed by atoms with Crippen LogP contribution in [0, 0.1) is 0 Å². The van der Waals surface area contributed by atoms with Crippen molar-refractivity contribution in [1.29, 1.82) is 0 Å². The SMILES string of the molecule is CN(c1ccco1)S(=O)(=O)Cl. The molecule has 1 heterocycles. The second kappa shape index (κ2) is 2.75. The van der Waals surface area contributed by atoms with Crippen LogP contribution in [0.15, 0.2) is 22.8 Å². The molecule has 4 nitrogen and oxygen atoms in total. The standard InChI is InChI=1S/C5H6ClNO3S/c1-7(11(6,8)9)5-3-2-4-10-5/h2-4H,1H3. The van der Waals surface area contributed by atoms with Crippen molar-refractivity contribution in [3.05, 3.63) is 18.4 Å². The average molecular weight is 196 g/mol. The molecular formula is C5H6ClNO3S. The molecule has 0 atom stereocenters. The molecule has 0 aromatic carbocycles. The number of anilines is 1. The first-order chi connectivity index (χ1) is 5.02. The van der Waals surface area contributed by atoms with E-state index in [1.54, 1.807) is 6.07 Å². The molecule has 0 radical (unpaired) electrons. The summed E-state index contributed by atoms with van der Waals surface area (Å²) in [7, 11) is 2.61. The molecule has 6 heteroatoms. The van der Waals surface area contributed by atoms with Gasteiger partial charge in [0.2, 0.25) is 5.88 Å². The zero-order chi connectivity index (χ0) is 8.48. The Balaban J connectivity index is 2.97. The molecule has 1 rings (SSSR count). The van der Waals surface area contributed by atoms with E-state index in [-0.39, 0.29) is 5.88 Å². The highest BCUT2D eigenvalue weighted by Crippen LogP contribution is 2.17. The number of hydrogen-bond acceptors (Lipinski definition) is 3. The quantitative estimate of drug-likeness (QED) is 0.667. The Kier molecular flexibility index (Phi) is 2.10. The van der Waals surface area contributed by atoms with Gasteiger partial charge in [-0.05, 0) is 6.07 Å². The van der Waals surface area contributed by atoms with Crippen molar-refractivity contribution < 1.29 is 12.8 Å². The monoisotopic (exact) mass is 195 g/mol. The Labute approximate surface area is 68.9 Å². The third-order valence-electron chi connectivity index (χ3n) is 1.14. The zero-order valence-corrected chi connectivity index (χ0v) is 7.26. The fraction of sp³-hybridized carbons (Fsp3) is 0.200. The normalized spacial score (nSPS) is 11.5. The van der Waals surface area contributed by atoms with Gasteiger partial charge in [0.25, 0.3) is 0 Å². The molecular weight excluding hydrogens is 190 g/mol. The molecule has 0 amide bonds. The van der Waals surface area contributed by atoms with Crippen LogP contribution in [-0.4, -0.2) is 15.5 Å². The van der Waals surface area contributed by atoms with E-state index in [0.717, 1.165) is 4.31 Å². The molecule has 0 fully saturated rings. The smallest absolute Gasteiger partial charge is 0.323 e. The van der Waals surface area contributed by atoms with Crippen molar-refractivity contribution in [2.24, 2.45) is 0 Å². The van der Waals surface area contributed by atoms with Crippen LogP contribution in [0.25, 0.3) is 0 Å². The van der Waals surface area contributed by atoms with E-state index in [0.29, 0.717) is 0 Å². The molecule has 62 valence electrons. The third-order valence-corrected chi connectivity index (χ3v) is 2.60. The van der Waals surface area contributed by atoms with E-state index in [4.69, 9.17) is 15.1 Å². The Hall–Kier alpha value is -0.680. The summed E-state index contributed by atoms with van der Waals surface area (Å²) in [4.78, 5) is 0. The van der Waals surface area contributed by atoms with Crippen LogP contribution in [0.3, 0.4) is 0 Å². The average Bonchev–Trinajstić information content (AvgIpc) is 2.34. The number of hydrogen-bond donors (Lipinski definition) is 0. The molecule has 0 saturated heterocycles. The van der Waals surface area contributed by atoms with Gasteiger partial charge in [0.05, 0.1) is 6.26 Å². The second-order valence-electron chi connectivity index (χ2n) is 1.86. The summed E-state index contributed by atoms with van der Waals surface area (Å²) in [5, 5.41) is 0. The lowest BCUT2D eigenvalue weighted by Gasteiger charge is -2.09. The predicted molar refractivity (Wildman–Crippen MR) is 41.9 cm³/mol. The second-order valence-corrected chi connectivity index (χ2v) is 4.40. The van der Waals surface area contributed by atoms with Crippen molar-refractivity contribution >= 4 is 25.8 Å². The first-order valence-electron chi connectivity index (χ1n) is 2.74. The largest absolute Gasteiger partial charge is 0.448 e. The van der Waals surface area contributed by atoms with Crippen LogP contribution in [-0.2, 0) is 9.24 Å². The Morgan fingerprint density at radius 2 is 2.27 bits per heavy atom. The lowest BCUT2D eigenvalue weighted by atomic mass is 10.6. The van der Waals surface area contributed by atoms with Crippen LogP contribution in [0.5, 0.6) is 0 Å². The fourth-order valence-electron chi connectivity index (χ4n) is 0.557. The van der Waals surface area contributed by atoms with E-state index in [2.05, 4.69) is 0 Å². The molecule has 0 spiro atoms. The fourth-order valence-corrected chi connectivity index (χ4v) is 1.08. The lowest BCUT2D eigenvalue weighted by Crippen LogP contribution is -2.20. The van der Waals surface area contributed by atoms with Crippen molar-refractivity contribution in [3.8, 4) is 0 Å². The zero-order valence-electron chi connectivity index (χ0n) is 5.69. The first-order valence-corrected chi connectivity index (χ1v) is 5.00. The van der Waals surface area contributed by atoms with Gasteiger partial charge in [-0.3, -0.25) is 0 Å². The highest BCUT2D eigenvalue weighted by molar-refractivity contribution is 8.14. The maximum atomic E-state index is 10.7. The maximum Gasteiger partial charge on any atom is 0.323 e. The summed E-state index contributed by atoms with van der Waals surface area (Å²) in [6, 6.07) is 3.08. The van der Waals surface area contributed by atoms with Gasteiger partial charge >= 0.3 is 9.24 Å². The van der Waals surface area contributed by atoms with E-state index >= 15 is 0 Å². The first kappa shape index (κ1) is 8.42. The molecule has 0 N–H and O–H groups in total. The molecule has 0 bridgehead atoms. The summed E-state index contributed by atoms with van der Waals surface area (Å²) in [6.07, 6.45) is 1.37. The van der Waals surface area contributed by atoms with Gasteiger partial charge < -0.3 is 4.42 Å². The van der Waals surface area contributed by atoms with E-state index in [1.807, 2.05) is 0 Å². The number of rotatable bonds is 2. The van der Waals surface area contributed by atoms with E-state index in [1.165, 1.54) is 19.4 Å². The van der Waals surface area contributed by atoms with Gasteiger partial charge in [-0.1, -0.05) is 0 Å². The van der Waals surface area contributed by atoms with Gasteiger partial charge in [-0.2, -0.15) is 8.42 Å². The van der Waals surface area contributed by atoms with Crippen molar-refractivity contribution in [3.63, 3.8) is 0 Å². The van der Waals surface area contributed by atoms with E-state index in [9.17, 15) is 8.42 Å². The third kappa shape index (κ3) is 1.87. The number of halogens is 1. The van der Waals surface area contributed by atoms with Crippen LogP contribution in [0.4, 0.5) is 5.88 Å². The molecule has 0 aliphatic carbocycles. The van der Waals surface area contributed by atoms with Crippen LogP contribution < -0.4 is 4.31 Å². The highest BCUT2D eigenvalue weighted by atomic mass is 35.7. The van der Waals surface area contributed by atoms with Crippen molar-refractivity contribution in [2.45, 2.75) is 0 Å². The topological polar surface area (TPSA) is 50.5 Å². The lowest BCUT2D eigenvalue weighted by molar-refractivity contribution is 0.563. The van der Waals surface area contributed by atoms with Gasteiger partial charge in [0, 0.05) is 23.8 Å². The minimum atomic E-state index is -3.71. The Morgan fingerprint density at radius 1 is 1.64 bits per heavy atom. The molecule has 1 aromatic rings.